The van der Waals surface area contributed by atoms with Gasteiger partial charge < -0.3 is 10.1 Å². The molecule has 0 aromatic heterocycles. The number of rotatable bonds is 5. The van der Waals surface area contributed by atoms with E-state index in [2.05, 4.69) is 25.7 Å². The third-order valence-corrected chi connectivity index (χ3v) is 2.83. The molecule has 0 aromatic carbocycles. The first kappa shape index (κ1) is 11.7. The molecule has 14 heavy (non-hydrogen) atoms. The Labute approximate surface area is 87.7 Å². The Morgan fingerprint density at radius 1 is 1.64 bits per heavy atom. The van der Waals surface area contributed by atoms with Crippen molar-refractivity contribution in [2.45, 2.75) is 57.7 Å². The van der Waals surface area contributed by atoms with E-state index in [4.69, 9.17) is 4.74 Å². The summed E-state index contributed by atoms with van der Waals surface area (Å²) in [4.78, 5) is 0. The molecule has 0 spiro atoms. The molecule has 1 fully saturated rings. The smallest absolute Gasteiger partial charge is 0.0589 e. The highest BCUT2D eigenvalue weighted by Gasteiger charge is 2.22. The predicted octanol–water partition coefficient (Wildman–Crippen LogP) is 2.50. The molecule has 2 nitrogen and oxygen atoms in total. The number of nitrogens with one attached hydrogen (secondary N) is 1. The highest BCUT2D eigenvalue weighted by molar-refractivity contribution is 4.86. The fourth-order valence-electron chi connectivity index (χ4n) is 1.99. The standard InChI is InChI=1S/C12H23NO/c1-4-6-12-9-11(7-8-14-12)13-10(3)5-2/h5,10-13H,2,4,6-9H2,1,3H3. The van der Waals surface area contributed by atoms with Gasteiger partial charge in [0.2, 0.25) is 0 Å². The normalized spacial score (nSPS) is 29.9. The summed E-state index contributed by atoms with van der Waals surface area (Å²) in [5.74, 6) is 0. The van der Waals surface area contributed by atoms with E-state index in [0.717, 1.165) is 19.4 Å². The summed E-state index contributed by atoms with van der Waals surface area (Å²) in [6, 6.07) is 1.04. The molecule has 1 heterocycles. The molecule has 0 radical (unpaired) electrons. The average molecular weight is 197 g/mol. The van der Waals surface area contributed by atoms with Crippen LogP contribution in [-0.2, 0) is 4.74 Å². The van der Waals surface area contributed by atoms with E-state index in [1.807, 2.05) is 6.08 Å². The molecule has 1 rings (SSSR count). The topological polar surface area (TPSA) is 21.3 Å². The molecule has 0 bridgehead atoms. The van der Waals surface area contributed by atoms with Crippen molar-refractivity contribution in [2.75, 3.05) is 6.61 Å². The first-order valence-corrected chi connectivity index (χ1v) is 5.76. The second kappa shape index (κ2) is 6.20. The van der Waals surface area contributed by atoms with Gasteiger partial charge in [0.25, 0.3) is 0 Å². The van der Waals surface area contributed by atoms with Gasteiger partial charge in [-0.25, -0.2) is 0 Å². The summed E-state index contributed by atoms with van der Waals surface area (Å²) < 4.78 is 5.70. The number of hydrogen-bond acceptors (Lipinski definition) is 2. The lowest BCUT2D eigenvalue weighted by Gasteiger charge is -2.31. The molecule has 0 aromatic rings. The van der Waals surface area contributed by atoms with Gasteiger partial charge in [-0.05, 0) is 26.2 Å². The maximum atomic E-state index is 5.70. The van der Waals surface area contributed by atoms with E-state index in [0.29, 0.717) is 18.2 Å². The molecule has 0 saturated carbocycles. The van der Waals surface area contributed by atoms with E-state index < -0.39 is 0 Å². The van der Waals surface area contributed by atoms with Gasteiger partial charge in [0.15, 0.2) is 0 Å². The Hall–Kier alpha value is -0.340. The van der Waals surface area contributed by atoms with Gasteiger partial charge in [0, 0.05) is 18.7 Å². The highest BCUT2D eigenvalue weighted by Crippen LogP contribution is 2.18. The molecule has 2 heteroatoms. The molecular formula is C12H23NO. The van der Waals surface area contributed by atoms with Crippen LogP contribution in [-0.4, -0.2) is 24.8 Å². The molecular weight excluding hydrogens is 174 g/mol. The summed E-state index contributed by atoms with van der Waals surface area (Å²) in [6.07, 6.45) is 7.15. The Morgan fingerprint density at radius 3 is 3.07 bits per heavy atom. The molecule has 3 unspecified atom stereocenters. The van der Waals surface area contributed by atoms with Crippen molar-refractivity contribution < 1.29 is 4.74 Å². The van der Waals surface area contributed by atoms with Gasteiger partial charge in [-0.1, -0.05) is 19.4 Å². The average Bonchev–Trinajstić information content (AvgIpc) is 2.19. The largest absolute Gasteiger partial charge is 0.378 e. The van der Waals surface area contributed by atoms with Crippen molar-refractivity contribution in [2.24, 2.45) is 0 Å². The zero-order valence-corrected chi connectivity index (χ0v) is 9.46. The summed E-state index contributed by atoms with van der Waals surface area (Å²) in [6.45, 7) is 9.06. The van der Waals surface area contributed by atoms with Crippen molar-refractivity contribution in [3.8, 4) is 0 Å². The van der Waals surface area contributed by atoms with Crippen LogP contribution in [0, 0.1) is 0 Å². The van der Waals surface area contributed by atoms with Gasteiger partial charge in [-0.2, -0.15) is 0 Å². The zero-order chi connectivity index (χ0) is 10.4. The first-order chi connectivity index (χ1) is 6.76. The Balaban J connectivity index is 2.28. The van der Waals surface area contributed by atoms with E-state index in [1.54, 1.807) is 0 Å². The van der Waals surface area contributed by atoms with E-state index in [1.165, 1.54) is 12.8 Å². The Morgan fingerprint density at radius 2 is 2.43 bits per heavy atom. The van der Waals surface area contributed by atoms with Crippen LogP contribution in [0.4, 0.5) is 0 Å². The summed E-state index contributed by atoms with van der Waals surface area (Å²) in [5, 5.41) is 3.56. The minimum atomic E-state index is 0.417. The molecule has 1 saturated heterocycles. The van der Waals surface area contributed by atoms with E-state index in [-0.39, 0.29) is 0 Å². The summed E-state index contributed by atoms with van der Waals surface area (Å²) in [7, 11) is 0. The van der Waals surface area contributed by atoms with Crippen molar-refractivity contribution in [1.29, 1.82) is 0 Å². The molecule has 82 valence electrons. The third-order valence-electron chi connectivity index (χ3n) is 2.83. The van der Waals surface area contributed by atoms with E-state index >= 15 is 0 Å². The highest BCUT2D eigenvalue weighted by atomic mass is 16.5. The quantitative estimate of drug-likeness (QED) is 0.684. The molecule has 0 amide bonds. The molecule has 0 aliphatic carbocycles. The monoisotopic (exact) mass is 197 g/mol. The zero-order valence-electron chi connectivity index (χ0n) is 9.46. The maximum Gasteiger partial charge on any atom is 0.0589 e. The van der Waals surface area contributed by atoms with Crippen LogP contribution in [0.1, 0.15) is 39.5 Å². The van der Waals surface area contributed by atoms with Crippen LogP contribution in [0.25, 0.3) is 0 Å². The summed E-state index contributed by atoms with van der Waals surface area (Å²) >= 11 is 0. The van der Waals surface area contributed by atoms with Crippen LogP contribution < -0.4 is 5.32 Å². The van der Waals surface area contributed by atoms with Crippen LogP contribution in [0.5, 0.6) is 0 Å². The lowest BCUT2D eigenvalue weighted by Crippen LogP contribution is -2.42. The molecule has 1 aliphatic heterocycles. The van der Waals surface area contributed by atoms with Gasteiger partial charge >= 0.3 is 0 Å². The molecule has 3 atom stereocenters. The molecule has 1 aliphatic rings. The van der Waals surface area contributed by atoms with Gasteiger partial charge in [-0.3, -0.25) is 0 Å². The number of hydrogen-bond donors (Lipinski definition) is 1. The maximum absolute atomic E-state index is 5.70. The van der Waals surface area contributed by atoms with Crippen LogP contribution in [0.15, 0.2) is 12.7 Å². The fourth-order valence-corrected chi connectivity index (χ4v) is 1.99. The minimum absolute atomic E-state index is 0.417. The third kappa shape index (κ3) is 3.81. The summed E-state index contributed by atoms with van der Waals surface area (Å²) in [5.41, 5.74) is 0. The predicted molar refractivity (Wildman–Crippen MR) is 60.5 cm³/mol. The SMILES string of the molecule is C=CC(C)NC1CCOC(CCC)C1. The second-order valence-electron chi connectivity index (χ2n) is 4.19. The fraction of sp³-hybridized carbons (Fsp3) is 0.833. The van der Waals surface area contributed by atoms with Crippen molar-refractivity contribution in [3.63, 3.8) is 0 Å². The number of ether oxygens (including phenoxy) is 1. The molecule has 1 N–H and O–H groups in total. The van der Waals surface area contributed by atoms with Gasteiger partial charge in [-0.15, -0.1) is 6.58 Å². The van der Waals surface area contributed by atoms with Crippen molar-refractivity contribution >= 4 is 0 Å². The second-order valence-corrected chi connectivity index (χ2v) is 4.19. The lowest BCUT2D eigenvalue weighted by molar-refractivity contribution is -0.00389. The van der Waals surface area contributed by atoms with E-state index in [9.17, 15) is 0 Å². The lowest BCUT2D eigenvalue weighted by atomic mass is 9.99. The minimum Gasteiger partial charge on any atom is -0.378 e. The first-order valence-electron chi connectivity index (χ1n) is 5.76. The van der Waals surface area contributed by atoms with Crippen LogP contribution >= 0.6 is 0 Å². The van der Waals surface area contributed by atoms with Crippen molar-refractivity contribution in [3.05, 3.63) is 12.7 Å². The van der Waals surface area contributed by atoms with Gasteiger partial charge in [0.1, 0.15) is 0 Å². The Kier molecular flexibility index (Phi) is 5.20. The van der Waals surface area contributed by atoms with Crippen molar-refractivity contribution in [1.82, 2.24) is 5.32 Å². The van der Waals surface area contributed by atoms with Crippen LogP contribution in [0.2, 0.25) is 0 Å². The Bertz CT molecular complexity index is 168. The van der Waals surface area contributed by atoms with Gasteiger partial charge in [0.05, 0.1) is 6.10 Å². The van der Waals surface area contributed by atoms with Crippen LogP contribution in [0.3, 0.4) is 0 Å².